The number of halogens is 1. The van der Waals surface area contributed by atoms with Gasteiger partial charge in [-0.1, -0.05) is 31.0 Å². The fraction of sp³-hybridized carbons (Fsp3) is 0.550. The van der Waals surface area contributed by atoms with E-state index in [1.54, 1.807) is 0 Å². The number of nitrogens with one attached hydrogen (secondary N) is 1. The Bertz CT molecular complexity index is 687. The second-order valence-electron chi connectivity index (χ2n) is 6.96. The molecule has 0 amide bonds. The third-order valence-corrected chi connectivity index (χ3v) is 5.11. The molecule has 0 aromatic heterocycles. The molecule has 0 saturated carbocycles. The van der Waals surface area contributed by atoms with Crippen molar-refractivity contribution in [2.75, 3.05) is 25.1 Å². The molecule has 0 aliphatic carbocycles. The lowest BCUT2D eigenvalue weighted by Gasteiger charge is -2.29. The van der Waals surface area contributed by atoms with Crippen LogP contribution in [0, 0.1) is 0 Å². The zero-order valence-electron chi connectivity index (χ0n) is 15.3. The van der Waals surface area contributed by atoms with Crippen LogP contribution in [0.2, 0.25) is 5.02 Å². The maximum atomic E-state index is 6.53. The molecule has 25 heavy (non-hydrogen) atoms. The smallest absolute Gasteiger partial charge is 0.142 e. The normalized spacial score (nSPS) is 23.7. The summed E-state index contributed by atoms with van der Waals surface area (Å²) in [5.41, 5.74) is 2.95. The summed E-state index contributed by atoms with van der Waals surface area (Å²) in [6.45, 7) is 8.60. The second-order valence-corrected chi connectivity index (χ2v) is 7.37. The van der Waals surface area contributed by atoms with Crippen molar-refractivity contribution < 1.29 is 9.47 Å². The SMILES string of the molecule is CCCCOCCCOc1ccc(Cl)c2c1NC1N=CC(C)=CC21C. The Hall–Kier alpha value is -1.52. The summed E-state index contributed by atoms with van der Waals surface area (Å²) in [4.78, 5) is 4.64. The molecule has 5 heteroatoms. The van der Waals surface area contributed by atoms with Crippen LogP contribution in [0.1, 0.15) is 45.6 Å². The van der Waals surface area contributed by atoms with Crippen LogP contribution in [-0.2, 0) is 10.2 Å². The van der Waals surface area contributed by atoms with Crippen molar-refractivity contribution >= 4 is 23.5 Å². The fourth-order valence-corrected chi connectivity index (χ4v) is 3.87. The average molecular weight is 363 g/mol. The van der Waals surface area contributed by atoms with E-state index < -0.39 is 0 Å². The number of benzene rings is 1. The van der Waals surface area contributed by atoms with Crippen molar-refractivity contribution in [2.24, 2.45) is 4.99 Å². The maximum absolute atomic E-state index is 6.53. The van der Waals surface area contributed by atoms with Crippen molar-refractivity contribution in [3.63, 3.8) is 0 Å². The molecule has 2 unspecified atom stereocenters. The highest BCUT2D eigenvalue weighted by atomic mass is 35.5. The number of rotatable bonds is 8. The Morgan fingerprint density at radius 2 is 2.04 bits per heavy atom. The molecular formula is C20H27ClN2O2. The van der Waals surface area contributed by atoms with Gasteiger partial charge in [0.15, 0.2) is 0 Å². The molecule has 0 fully saturated rings. The number of aliphatic imine (C=N–C) groups is 1. The van der Waals surface area contributed by atoms with E-state index in [0.717, 1.165) is 60.1 Å². The van der Waals surface area contributed by atoms with Crippen molar-refractivity contribution in [3.8, 4) is 5.75 Å². The van der Waals surface area contributed by atoms with E-state index in [4.69, 9.17) is 21.1 Å². The van der Waals surface area contributed by atoms with Gasteiger partial charge in [0.05, 0.1) is 17.7 Å². The summed E-state index contributed by atoms with van der Waals surface area (Å²) in [6.07, 6.45) is 7.26. The molecule has 0 saturated heterocycles. The van der Waals surface area contributed by atoms with Gasteiger partial charge in [-0.25, -0.2) is 0 Å². The molecule has 136 valence electrons. The first-order valence-corrected chi connectivity index (χ1v) is 9.46. The minimum Gasteiger partial charge on any atom is -0.491 e. The summed E-state index contributed by atoms with van der Waals surface area (Å²) < 4.78 is 11.6. The monoisotopic (exact) mass is 362 g/mol. The van der Waals surface area contributed by atoms with Gasteiger partial charge in [0.1, 0.15) is 11.9 Å². The van der Waals surface area contributed by atoms with Crippen LogP contribution in [0.3, 0.4) is 0 Å². The first-order chi connectivity index (χ1) is 12.1. The molecule has 1 aromatic carbocycles. The predicted molar refractivity (Wildman–Crippen MR) is 104 cm³/mol. The molecule has 4 nitrogen and oxygen atoms in total. The first kappa shape index (κ1) is 18.3. The van der Waals surface area contributed by atoms with Gasteiger partial charge in [0.25, 0.3) is 0 Å². The molecule has 3 rings (SSSR count). The van der Waals surface area contributed by atoms with Gasteiger partial charge in [-0.15, -0.1) is 0 Å². The van der Waals surface area contributed by atoms with Gasteiger partial charge >= 0.3 is 0 Å². The summed E-state index contributed by atoms with van der Waals surface area (Å²) in [5, 5.41) is 4.25. The number of unbranched alkanes of at least 4 members (excludes halogenated alkanes) is 1. The van der Waals surface area contributed by atoms with Crippen LogP contribution in [0.5, 0.6) is 5.75 Å². The third-order valence-electron chi connectivity index (χ3n) is 4.79. The van der Waals surface area contributed by atoms with Gasteiger partial charge in [-0.2, -0.15) is 0 Å². The quantitative estimate of drug-likeness (QED) is 0.664. The van der Waals surface area contributed by atoms with E-state index >= 15 is 0 Å². The summed E-state index contributed by atoms with van der Waals surface area (Å²) in [6, 6.07) is 3.86. The third kappa shape index (κ3) is 3.70. The molecule has 0 radical (unpaired) electrons. The van der Waals surface area contributed by atoms with E-state index in [2.05, 4.69) is 37.2 Å². The molecule has 2 atom stereocenters. The minimum atomic E-state index is -0.242. The zero-order chi connectivity index (χ0) is 17.9. The van der Waals surface area contributed by atoms with Gasteiger partial charge in [0, 0.05) is 36.4 Å². The van der Waals surface area contributed by atoms with E-state index in [9.17, 15) is 0 Å². The van der Waals surface area contributed by atoms with Gasteiger partial charge in [-0.05, 0) is 38.0 Å². The lowest BCUT2D eigenvalue weighted by molar-refractivity contribution is 0.117. The Kier molecular flexibility index (Phi) is 5.70. The lowest BCUT2D eigenvalue weighted by Crippen LogP contribution is -2.35. The second kappa shape index (κ2) is 7.79. The summed E-state index contributed by atoms with van der Waals surface area (Å²) in [7, 11) is 0. The van der Waals surface area contributed by atoms with Crippen molar-refractivity contribution in [1.82, 2.24) is 0 Å². The van der Waals surface area contributed by atoms with Crippen LogP contribution in [0.4, 0.5) is 5.69 Å². The molecule has 1 aromatic rings. The van der Waals surface area contributed by atoms with Crippen LogP contribution >= 0.6 is 11.6 Å². The van der Waals surface area contributed by atoms with Gasteiger partial charge < -0.3 is 14.8 Å². The van der Waals surface area contributed by atoms with Crippen molar-refractivity contribution in [2.45, 2.75) is 51.6 Å². The number of fused-ring (bicyclic) bond motifs is 3. The zero-order valence-corrected chi connectivity index (χ0v) is 16.0. The Balaban J connectivity index is 1.69. The standard InChI is InChI=1S/C20H27ClN2O2/c1-4-5-9-24-10-6-11-25-16-8-7-15(21)17-18(16)23-19-20(17,3)12-14(2)13-22-19/h7-8,12-13,19,23H,4-6,9-11H2,1-3H3. The fourth-order valence-electron chi connectivity index (χ4n) is 3.51. The summed E-state index contributed by atoms with van der Waals surface area (Å²) in [5.74, 6) is 0.838. The number of nitrogens with zero attached hydrogens (tertiary/aromatic N) is 1. The van der Waals surface area contributed by atoms with Gasteiger partial charge in [0.2, 0.25) is 0 Å². The predicted octanol–water partition coefficient (Wildman–Crippen LogP) is 4.97. The molecular weight excluding hydrogens is 336 g/mol. The molecule has 2 aliphatic rings. The average Bonchev–Trinajstić information content (AvgIpc) is 2.89. The molecule has 2 heterocycles. The highest BCUT2D eigenvalue weighted by Gasteiger charge is 2.45. The van der Waals surface area contributed by atoms with Crippen LogP contribution in [0.15, 0.2) is 28.8 Å². The molecule has 0 spiro atoms. The number of allylic oxidation sites excluding steroid dienone is 1. The molecule has 2 aliphatic heterocycles. The van der Waals surface area contributed by atoms with E-state index in [-0.39, 0.29) is 11.6 Å². The number of hydrogen-bond acceptors (Lipinski definition) is 4. The Morgan fingerprint density at radius 1 is 1.24 bits per heavy atom. The number of ether oxygens (including phenoxy) is 2. The van der Waals surface area contributed by atoms with E-state index in [1.807, 2.05) is 18.3 Å². The molecule has 1 N–H and O–H groups in total. The van der Waals surface area contributed by atoms with Crippen LogP contribution < -0.4 is 10.1 Å². The largest absolute Gasteiger partial charge is 0.491 e. The van der Waals surface area contributed by atoms with E-state index in [1.165, 1.54) is 0 Å². The number of dihydropyridines is 1. The number of anilines is 1. The minimum absolute atomic E-state index is 0.0363. The lowest BCUT2D eigenvalue weighted by atomic mass is 9.79. The highest BCUT2D eigenvalue weighted by molar-refractivity contribution is 6.32. The van der Waals surface area contributed by atoms with Crippen LogP contribution in [-0.4, -0.2) is 32.2 Å². The Labute approximate surface area is 155 Å². The van der Waals surface area contributed by atoms with E-state index in [0.29, 0.717) is 6.61 Å². The molecule has 0 bridgehead atoms. The van der Waals surface area contributed by atoms with Crippen molar-refractivity contribution in [1.29, 1.82) is 0 Å². The summed E-state index contributed by atoms with van der Waals surface area (Å²) >= 11 is 6.53. The highest BCUT2D eigenvalue weighted by Crippen LogP contribution is 2.51. The van der Waals surface area contributed by atoms with Crippen LogP contribution in [0.25, 0.3) is 0 Å². The van der Waals surface area contributed by atoms with Crippen molar-refractivity contribution in [3.05, 3.63) is 34.4 Å². The first-order valence-electron chi connectivity index (χ1n) is 9.09. The maximum Gasteiger partial charge on any atom is 0.142 e. The number of hydrogen-bond donors (Lipinski definition) is 1. The topological polar surface area (TPSA) is 42.9 Å². The Morgan fingerprint density at radius 3 is 2.84 bits per heavy atom. The van der Waals surface area contributed by atoms with Gasteiger partial charge in [-0.3, -0.25) is 4.99 Å².